The minimum absolute atomic E-state index is 0.286. The van der Waals surface area contributed by atoms with Gasteiger partial charge >= 0.3 is 6.18 Å². The van der Waals surface area contributed by atoms with E-state index < -0.39 is 11.7 Å². The van der Waals surface area contributed by atoms with Gasteiger partial charge in [0, 0.05) is 11.4 Å². The number of furan rings is 1. The normalized spacial score (nSPS) is 11.5. The molecule has 0 amide bonds. The fourth-order valence-electron chi connectivity index (χ4n) is 1.51. The maximum Gasteiger partial charge on any atom is 0.418 e. The highest BCUT2D eigenvalue weighted by atomic mass is 19.4. The summed E-state index contributed by atoms with van der Waals surface area (Å²) in [6.45, 7) is 0.314. The lowest BCUT2D eigenvalue weighted by Crippen LogP contribution is -2.10. The van der Waals surface area contributed by atoms with E-state index in [-0.39, 0.29) is 5.69 Å². The molecular weight excluding hydrogens is 245 g/mol. The van der Waals surface area contributed by atoms with E-state index in [0.29, 0.717) is 18.0 Å². The molecule has 0 fully saturated rings. The van der Waals surface area contributed by atoms with Crippen LogP contribution in [-0.2, 0) is 12.7 Å². The number of hydrogen-bond acceptors (Lipinski definition) is 3. The molecule has 2 rings (SSSR count). The van der Waals surface area contributed by atoms with E-state index in [1.807, 2.05) is 0 Å². The Hall–Kier alpha value is -2.11. The highest BCUT2D eigenvalue weighted by molar-refractivity contribution is 5.58. The Morgan fingerprint density at radius 1 is 1.22 bits per heavy atom. The monoisotopic (exact) mass is 256 g/mol. The molecule has 3 N–H and O–H groups in total. The summed E-state index contributed by atoms with van der Waals surface area (Å²) in [6, 6.07) is 7.15. The second-order valence-electron chi connectivity index (χ2n) is 3.73. The van der Waals surface area contributed by atoms with Gasteiger partial charge in [0.15, 0.2) is 0 Å². The van der Waals surface area contributed by atoms with Crippen LogP contribution in [0.1, 0.15) is 11.3 Å². The van der Waals surface area contributed by atoms with Crippen molar-refractivity contribution in [1.82, 2.24) is 0 Å². The van der Waals surface area contributed by atoms with E-state index in [1.54, 1.807) is 12.1 Å². The molecule has 0 unspecified atom stereocenters. The molecule has 0 radical (unpaired) electrons. The Bertz CT molecular complexity index is 521. The van der Waals surface area contributed by atoms with Crippen molar-refractivity contribution >= 4 is 11.4 Å². The summed E-state index contributed by atoms with van der Waals surface area (Å²) in [7, 11) is 0. The van der Waals surface area contributed by atoms with Crippen LogP contribution in [-0.4, -0.2) is 0 Å². The van der Waals surface area contributed by atoms with Gasteiger partial charge < -0.3 is 15.5 Å². The van der Waals surface area contributed by atoms with Crippen molar-refractivity contribution in [3.63, 3.8) is 0 Å². The first-order valence-corrected chi connectivity index (χ1v) is 5.20. The second-order valence-corrected chi connectivity index (χ2v) is 3.73. The van der Waals surface area contributed by atoms with Gasteiger partial charge in [-0.2, -0.15) is 13.2 Å². The van der Waals surface area contributed by atoms with Crippen LogP contribution in [0.3, 0.4) is 0 Å². The Kier molecular flexibility index (Phi) is 3.18. The molecule has 18 heavy (non-hydrogen) atoms. The number of halogens is 3. The van der Waals surface area contributed by atoms with Gasteiger partial charge in [-0.3, -0.25) is 0 Å². The van der Waals surface area contributed by atoms with Gasteiger partial charge in [-0.1, -0.05) is 0 Å². The molecule has 0 atom stereocenters. The third-order valence-electron chi connectivity index (χ3n) is 2.41. The summed E-state index contributed by atoms with van der Waals surface area (Å²) in [5.74, 6) is 0.639. The maximum atomic E-state index is 12.6. The van der Waals surface area contributed by atoms with Gasteiger partial charge in [0.25, 0.3) is 0 Å². The van der Waals surface area contributed by atoms with Crippen LogP contribution in [0.2, 0.25) is 0 Å². The number of nitrogens with one attached hydrogen (secondary N) is 1. The minimum Gasteiger partial charge on any atom is -0.467 e. The third-order valence-corrected chi connectivity index (χ3v) is 2.41. The van der Waals surface area contributed by atoms with Crippen LogP contribution in [0.5, 0.6) is 0 Å². The molecule has 0 spiro atoms. The van der Waals surface area contributed by atoms with Crippen molar-refractivity contribution in [2.75, 3.05) is 11.1 Å². The van der Waals surface area contributed by atoms with Gasteiger partial charge in [-0.25, -0.2) is 0 Å². The molecule has 0 aliphatic heterocycles. The standard InChI is InChI=1S/C12H11F3N2O/c13-12(14,15)10-6-8(3-4-11(10)16)17-7-9-2-1-5-18-9/h1-6,17H,7,16H2. The van der Waals surface area contributed by atoms with Crippen LogP contribution < -0.4 is 11.1 Å². The molecule has 96 valence electrons. The Morgan fingerprint density at radius 2 is 2.00 bits per heavy atom. The SMILES string of the molecule is Nc1ccc(NCc2ccco2)cc1C(F)(F)F. The van der Waals surface area contributed by atoms with Gasteiger partial charge in [-0.05, 0) is 30.3 Å². The quantitative estimate of drug-likeness (QED) is 0.826. The molecule has 0 aliphatic carbocycles. The molecule has 1 heterocycles. The van der Waals surface area contributed by atoms with Crippen LogP contribution in [0.4, 0.5) is 24.5 Å². The zero-order valence-electron chi connectivity index (χ0n) is 9.29. The molecule has 0 saturated heterocycles. The highest BCUT2D eigenvalue weighted by Crippen LogP contribution is 2.35. The molecule has 0 aliphatic rings. The van der Waals surface area contributed by atoms with E-state index >= 15 is 0 Å². The van der Waals surface area contributed by atoms with E-state index in [9.17, 15) is 13.2 Å². The fraction of sp³-hybridized carbons (Fsp3) is 0.167. The van der Waals surface area contributed by atoms with Crippen LogP contribution in [0.25, 0.3) is 0 Å². The summed E-state index contributed by atoms with van der Waals surface area (Å²) < 4.78 is 42.9. The molecule has 1 aromatic carbocycles. The average molecular weight is 256 g/mol. The van der Waals surface area contributed by atoms with E-state index in [1.165, 1.54) is 18.4 Å². The van der Waals surface area contributed by atoms with Gasteiger partial charge in [0.05, 0.1) is 18.4 Å². The predicted octanol–water partition coefficient (Wildman–Crippen LogP) is 3.49. The van der Waals surface area contributed by atoms with Gasteiger partial charge in [0.2, 0.25) is 0 Å². The van der Waals surface area contributed by atoms with Crippen molar-refractivity contribution in [3.8, 4) is 0 Å². The third kappa shape index (κ3) is 2.77. The van der Waals surface area contributed by atoms with Gasteiger partial charge in [0.1, 0.15) is 5.76 Å². The first kappa shape index (κ1) is 12.3. The maximum absolute atomic E-state index is 12.6. The number of nitrogens with two attached hydrogens (primary N) is 1. The van der Waals surface area contributed by atoms with E-state index in [2.05, 4.69) is 5.32 Å². The zero-order valence-corrected chi connectivity index (χ0v) is 9.29. The number of hydrogen-bond donors (Lipinski definition) is 2. The van der Waals surface area contributed by atoms with Crippen molar-refractivity contribution < 1.29 is 17.6 Å². The molecule has 1 aromatic heterocycles. The summed E-state index contributed by atoms with van der Waals surface area (Å²) >= 11 is 0. The van der Waals surface area contributed by atoms with Crippen LogP contribution >= 0.6 is 0 Å². The number of benzene rings is 1. The number of alkyl halides is 3. The zero-order chi connectivity index (χ0) is 13.2. The average Bonchev–Trinajstić information content (AvgIpc) is 2.79. The summed E-state index contributed by atoms with van der Waals surface area (Å²) in [6.07, 6.45) is -2.95. The van der Waals surface area contributed by atoms with E-state index in [0.717, 1.165) is 6.07 Å². The van der Waals surface area contributed by atoms with Crippen molar-refractivity contribution in [2.45, 2.75) is 12.7 Å². The Morgan fingerprint density at radius 3 is 2.61 bits per heavy atom. The number of rotatable bonds is 3. The fourth-order valence-corrected chi connectivity index (χ4v) is 1.51. The molecule has 3 nitrogen and oxygen atoms in total. The molecular formula is C12H11F3N2O. The first-order valence-electron chi connectivity index (χ1n) is 5.20. The van der Waals surface area contributed by atoms with Crippen molar-refractivity contribution in [2.24, 2.45) is 0 Å². The minimum atomic E-state index is -4.45. The smallest absolute Gasteiger partial charge is 0.418 e. The van der Waals surface area contributed by atoms with Crippen molar-refractivity contribution in [3.05, 3.63) is 47.9 Å². The Labute approximate surface area is 101 Å². The first-order chi connectivity index (χ1) is 8.47. The number of nitrogen functional groups attached to an aromatic ring is 1. The van der Waals surface area contributed by atoms with Crippen molar-refractivity contribution in [1.29, 1.82) is 0 Å². The predicted molar refractivity (Wildman–Crippen MR) is 61.9 cm³/mol. The lowest BCUT2D eigenvalue weighted by molar-refractivity contribution is -0.136. The summed E-state index contributed by atoms with van der Waals surface area (Å²) in [5, 5.41) is 2.84. The van der Waals surface area contributed by atoms with Crippen LogP contribution in [0, 0.1) is 0 Å². The highest BCUT2D eigenvalue weighted by Gasteiger charge is 2.33. The second kappa shape index (κ2) is 4.64. The Balaban J connectivity index is 2.15. The lowest BCUT2D eigenvalue weighted by atomic mass is 10.1. The molecule has 0 bridgehead atoms. The molecule has 2 aromatic rings. The number of anilines is 2. The molecule has 6 heteroatoms. The lowest BCUT2D eigenvalue weighted by Gasteiger charge is -2.12. The topological polar surface area (TPSA) is 51.2 Å². The summed E-state index contributed by atoms with van der Waals surface area (Å²) in [4.78, 5) is 0. The molecule has 0 saturated carbocycles. The van der Waals surface area contributed by atoms with Gasteiger partial charge in [-0.15, -0.1) is 0 Å². The summed E-state index contributed by atoms with van der Waals surface area (Å²) in [5.41, 5.74) is 4.51. The largest absolute Gasteiger partial charge is 0.467 e. The van der Waals surface area contributed by atoms with Crippen LogP contribution in [0.15, 0.2) is 41.0 Å². The van der Waals surface area contributed by atoms with E-state index in [4.69, 9.17) is 10.2 Å².